The van der Waals surface area contributed by atoms with Gasteiger partial charge in [0, 0.05) is 11.1 Å². The zero-order valence-corrected chi connectivity index (χ0v) is 14.2. The number of rotatable bonds is 5. The first kappa shape index (κ1) is 18.7. The van der Waals surface area contributed by atoms with E-state index in [4.69, 9.17) is 10.2 Å². The average Bonchev–Trinajstić information content (AvgIpc) is 2.60. The summed E-state index contributed by atoms with van der Waals surface area (Å²) in [4.78, 5) is 10.7. The molecule has 0 fully saturated rings. The van der Waals surface area contributed by atoms with Gasteiger partial charge in [-0.1, -0.05) is 24.0 Å². The number of hydrogen-bond donors (Lipinski definition) is 3. The summed E-state index contributed by atoms with van der Waals surface area (Å²) in [6, 6.07) is 11.7. The molecule has 0 unspecified atom stereocenters. The van der Waals surface area contributed by atoms with E-state index in [9.17, 15) is 13.2 Å². The van der Waals surface area contributed by atoms with E-state index >= 15 is 0 Å². The molecule has 3 N–H and O–H groups in total. The third-order valence-electron chi connectivity index (χ3n) is 3.35. The summed E-state index contributed by atoms with van der Waals surface area (Å²) in [5, 5.41) is 17.8. The molecular weight excluding hydrogens is 342 g/mol. The van der Waals surface area contributed by atoms with Gasteiger partial charge < -0.3 is 10.2 Å². The van der Waals surface area contributed by atoms with E-state index in [1.807, 2.05) is 0 Å². The molecule has 0 aliphatic heterocycles. The summed E-state index contributed by atoms with van der Waals surface area (Å²) in [6.45, 7) is 1.22. The van der Waals surface area contributed by atoms with Crippen LogP contribution in [0.1, 0.15) is 23.6 Å². The molecule has 0 saturated carbocycles. The van der Waals surface area contributed by atoms with Crippen molar-refractivity contribution in [1.29, 1.82) is 0 Å². The maximum Gasteiger partial charge on any atom is 0.321 e. The van der Waals surface area contributed by atoms with Crippen LogP contribution in [-0.4, -0.2) is 30.6 Å². The third-order valence-corrected chi connectivity index (χ3v) is 4.91. The van der Waals surface area contributed by atoms with Crippen LogP contribution in [0.3, 0.4) is 0 Å². The van der Waals surface area contributed by atoms with Gasteiger partial charge in [-0.15, -0.1) is 0 Å². The van der Waals surface area contributed by atoms with E-state index in [2.05, 4.69) is 16.6 Å². The molecule has 2 aromatic carbocycles. The van der Waals surface area contributed by atoms with Crippen LogP contribution in [0, 0.1) is 11.8 Å². The zero-order chi connectivity index (χ0) is 18.4. The number of aliphatic carboxylic acids is 1. The second-order valence-electron chi connectivity index (χ2n) is 5.31. The predicted octanol–water partition coefficient (Wildman–Crippen LogP) is 1.33. The first-order valence-electron chi connectivity index (χ1n) is 7.39. The van der Waals surface area contributed by atoms with E-state index in [0.29, 0.717) is 5.56 Å². The number of hydrogen-bond acceptors (Lipinski definition) is 4. The monoisotopic (exact) mass is 359 g/mol. The fourth-order valence-corrected chi connectivity index (χ4v) is 3.10. The highest BCUT2D eigenvalue weighted by molar-refractivity contribution is 7.89. The summed E-state index contributed by atoms with van der Waals surface area (Å²) in [7, 11) is -3.90. The summed E-state index contributed by atoms with van der Waals surface area (Å²) in [5.41, 5.74) is 2.19. The lowest BCUT2D eigenvalue weighted by molar-refractivity contribution is -0.138. The van der Waals surface area contributed by atoms with Gasteiger partial charge in [-0.25, -0.2) is 8.42 Å². The van der Waals surface area contributed by atoms with Gasteiger partial charge in [0.05, 0.1) is 11.5 Å². The summed E-state index contributed by atoms with van der Waals surface area (Å²) in [5.74, 6) is 4.61. The molecule has 0 heterocycles. The number of carboxylic acids is 1. The van der Waals surface area contributed by atoms with Crippen LogP contribution < -0.4 is 4.72 Å². The Morgan fingerprint density at radius 1 is 1.04 bits per heavy atom. The van der Waals surface area contributed by atoms with Crippen molar-refractivity contribution in [3.8, 4) is 11.8 Å². The summed E-state index contributed by atoms with van der Waals surface area (Å²) < 4.78 is 26.2. The maximum atomic E-state index is 12.1. The third kappa shape index (κ3) is 5.16. The quantitative estimate of drug-likeness (QED) is 0.699. The van der Waals surface area contributed by atoms with Gasteiger partial charge in [0.15, 0.2) is 0 Å². The minimum Gasteiger partial charge on any atom is -0.480 e. The van der Waals surface area contributed by atoms with Crippen LogP contribution in [-0.2, 0) is 21.4 Å². The number of carbonyl (C=O) groups is 1. The number of aliphatic hydroxyl groups excluding tert-OH is 1. The molecular formula is C18H17NO5S. The smallest absolute Gasteiger partial charge is 0.321 e. The minimum absolute atomic E-state index is 0.0292. The van der Waals surface area contributed by atoms with E-state index in [0.717, 1.165) is 11.1 Å². The van der Waals surface area contributed by atoms with Gasteiger partial charge in [-0.2, -0.15) is 4.72 Å². The van der Waals surface area contributed by atoms with Gasteiger partial charge in [0.25, 0.3) is 0 Å². The molecule has 25 heavy (non-hydrogen) atoms. The largest absolute Gasteiger partial charge is 0.480 e. The zero-order valence-electron chi connectivity index (χ0n) is 13.4. The minimum atomic E-state index is -3.90. The molecule has 2 aromatic rings. The van der Waals surface area contributed by atoms with Crippen LogP contribution in [0.5, 0.6) is 0 Å². The highest BCUT2D eigenvalue weighted by atomic mass is 32.2. The van der Waals surface area contributed by atoms with Gasteiger partial charge in [-0.05, 0) is 48.9 Å². The van der Waals surface area contributed by atoms with Crippen LogP contribution >= 0.6 is 0 Å². The molecule has 0 spiro atoms. The highest BCUT2D eigenvalue weighted by Gasteiger charge is 2.21. The highest BCUT2D eigenvalue weighted by Crippen LogP contribution is 2.11. The molecule has 0 aliphatic carbocycles. The molecule has 0 bridgehead atoms. The summed E-state index contributed by atoms with van der Waals surface area (Å²) >= 11 is 0. The molecule has 0 aromatic heterocycles. The van der Waals surface area contributed by atoms with Gasteiger partial charge in [-0.3, -0.25) is 4.79 Å². The Bertz CT molecular complexity index is 907. The Morgan fingerprint density at radius 3 is 1.96 bits per heavy atom. The Morgan fingerprint density at radius 2 is 1.52 bits per heavy atom. The fraction of sp³-hybridized carbons (Fsp3) is 0.167. The number of sulfonamides is 1. The van der Waals surface area contributed by atoms with Crippen molar-refractivity contribution < 1.29 is 23.4 Å². The van der Waals surface area contributed by atoms with Crippen molar-refractivity contribution in [2.75, 3.05) is 0 Å². The van der Waals surface area contributed by atoms with Crippen LogP contribution in [0.2, 0.25) is 0 Å². The van der Waals surface area contributed by atoms with E-state index in [-0.39, 0.29) is 11.5 Å². The summed E-state index contributed by atoms with van der Waals surface area (Å²) in [6.07, 6.45) is 0. The lowest BCUT2D eigenvalue weighted by Gasteiger charge is -2.10. The molecule has 0 aliphatic rings. The Hall–Kier alpha value is -2.66. The van der Waals surface area contributed by atoms with Crippen molar-refractivity contribution in [2.45, 2.75) is 24.5 Å². The van der Waals surface area contributed by atoms with Crippen LogP contribution in [0.25, 0.3) is 0 Å². The van der Waals surface area contributed by atoms with E-state index in [1.54, 1.807) is 36.4 Å². The first-order chi connectivity index (χ1) is 11.8. The maximum absolute atomic E-state index is 12.1. The van der Waals surface area contributed by atoms with Crippen molar-refractivity contribution in [2.24, 2.45) is 0 Å². The van der Waals surface area contributed by atoms with Crippen molar-refractivity contribution in [1.82, 2.24) is 4.72 Å². The second-order valence-corrected chi connectivity index (χ2v) is 7.02. The Labute approximate surface area is 146 Å². The van der Waals surface area contributed by atoms with Crippen molar-refractivity contribution >= 4 is 16.0 Å². The number of aliphatic hydroxyl groups is 1. The second kappa shape index (κ2) is 7.94. The van der Waals surface area contributed by atoms with E-state index < -0.39 is 22.0 Å². The standard InChI is InChI=1S/C18H17NO5S/c1-13(18(21)22)19-25(23,24)17-10-8-15(9-11-17)3-2-14-4-6-16(12-20)7-5-14/h4-11,13,19-20H,12H2,1H3,(H,21,22)/t13-/m1/s1. The fourth-order valence-electron chi connectivity index (χ4n) is 1.91. The lowest BCUT2D eigenvalue weighted by atomic mass is 10.1. The van der Waals surface area contributed by atoms with Gasteiger partial charge >= 0.3 is 5.97 Å². The normalized spacial score (nSPS) is 12.1. The molecule has 7 heteroatoms. The van der Waals surface area contributed by atoms with Gasteiger partial charge in [0.2, 0.25) is 10.0 Å². The number of nitrogens with one attached hydrogen (secondary N) is 1. The topological polar surface area (TPSA) is 104 Å². The SMILES string of the molecule is C[C@@H](NS(=O)(=O)c1ccc(C#Cc2ccc(CO)cc2)cc1)C(=O)O. The Balaban J connectivity index is 2.14. The predicted molar refractivity (Wildman–Crippen MR) is 92.2 cm³/mol. The van der Waals surface area contributed by atoms with Crippen molar-refractivity contribution in [3.63, 3.8) is 0 Å². The molecule has 0 radical (unpaired) electrons. The van der Waals surface area contributed by atoms with Crippen LogP contribution in [0.4, 0.5) is 0 Å². The Kier molecular flexibility index (Phi) is 5.93. The molecule has 130 valence electrons. The lowest BCUT2D eigenvalue weighted by Crippen LogP contribution is -2.38. The van der Waals surface area contributed by atoms with Gasteiger partial charge in [0.1, 0.15) is 6.04 Å². The van der Waals surface area contributed by atoms with Crippen molar-refractivity contribution in [3.05, 3.63) is 65.2 Å². The molecule has 0 amide bonds. The van der Waals surface area contributed by atoms with Crippen LogP contribution in [0.15, 0.2) is 53.4 Å². The molecule has 6 nitrogen and oxygen atoms in total. The number of benzene rings is 2. The molecule has 0 saturated heterocycles. The molecule has 2 rings (SSSR count). The van der Waals surface area contributed by atoms with E-state index in [1.165, 1.54) is 19.1 Å². The first-order valence-corrected chi connectivity index (χ1v) is 8.87. The molecule has 1 atom stereocenters. The number of carboxylic acid groups (broad SMARTS) is 1. The average molecular weight is 359 g/mol.